The van der Waals surface area contributed by atoms with E-state index >= 15 is 0 Å². The van der Waals surface area contributed by atoms with Crippen molar-refractivity contribution in [1.29, 1.82) is 0 Å². The third-order valence-corrected chi connectivity index (χ3v) is 2.81. The first-order valence-corrected chi connectivity index (χ1v) is 5.92. The molecule has 1 heterocycles. The van der Waals surface area contributed by atoms with Crippen LogP contribution in [0.3, 0.4) is 0 Å². The topological polar surface area (TPSA) is 63.8 Å². The minimum atomic E-state index is -4.41. The van der Waals surface area contributed by atoms with Crippen LogP contribution in [-0.4, -0.2) is 9.97 Å². The van der Waals surface area contributed by atoms with Crippen molar-refractivity contribution < 1.29 is 13.2 Å². The molecule has 1 aromatic carbocycles. The van der Waals surface area contributed by atoms with Crippen molar-refractivity contribution in [1.82, 2.24) is 9.97 Å². The first-order valence-electron chi connectivity index (χ1n) is 5.55. The monoisotopic (exact) mass is 302 g/mol. The summed E-state index contributed by atoms with van der Waals surface area (Å²) in [4.78, 5) is 7.49. The second-order valence-corrected chi connectivity index (χ2v) is 4.34. The molecule has 0 saturated heterocycles. The van der Waals surface area contributed by atoms with Crippen LogP contribution in [0.15, 0.2) is 30.5 Å². The van der Waals surface area contributed by atoms with Gasteiger partial charge < -0.3 is 11.1 Å². The van der Waals surface area contributed by atoms with E-state index in [4.69, 9.17) is 17.3 Å². The molecular weight excluding hydrogens is 293 g/mol. The number of anilines is 2. The fourth-order valence-corrected chi connectivity index (χ4v) is 1.79. The Balaban J connectivity index is 2.21. The first kappa shape index (κ1) is 14.4. The van der Waals surface area contributed by atoms with E-state index in [0.29, 0.717) is 0 Å². The van der Waals surface area contributed by atoms with Crippen LogP contribution in [-0.2, 0) is 12.7 Å². The molecule has 0 radical (unpaired) electrons. The van der Waals surface area contributed by atoms with Crippen molar-refractivity contribution >= 4 is 23.4 Å². The number of benzene rings is 1. The fourth-order valence-electron chi connectivity index (χ4n) is 1.63. The highest BCUT2D eigenvalue weighted by molar-refractivity contribution is 6.32. The second-order valence-electron chi connectivity index (χ2n) is 3.93. The Kier molecular flexibility index (Phi) is 3.99. The zero-order valence-corrected chi connectivity index (χ0v) is 10.8. The quantitative estimate of drug-likeness (QED) is 0.912. The summed E-state index contributed by atoms with van der Waals surface area (Å²) in [6, 6.07) is 5.27. The van der Waals surface area contributed by atoms with Crippen molar-refractivity contribution in [2.45, 2.75) is 12.7 Å². The maximum Gasteiger partial charge on any atom is 0.416 e. The van der Waals surface area contributed by atoms with Gasteiger partial charge in [-0.1, -0.05) is 29.8 Å². The van der Waals surface area contributed by atoms with E-state index in [9.17, 15) is 13.2 Å². The molecule has 0 atom stereocenters. The Hall–Kier alpha value is -2.02. The van der Waals surface area contributed by atoms with Gasteiger partial charge in [0.05, 0.1) is 11.8 Å². The van der Waals surface area contributed by atoms with Crippen LogP contribution in [0.25, 0.3) is 0 Å². The van der Waals surface area contributed by atoms with Crippen LogP contribution in [0.1, 0.15) is 11.1 Å². The van der Waals surface area contributed by atoms with E-state index in [1.165, 1.54) is 24.4 Å². The van der Waals surface area contributed by atoms with Crippen LogP contribution < -0.4 is 11.1 Å². The summed E-state index contributed by atoms with van der Waals surface area (Å²) in [5.74, 6) is 0.178. The molecule has 0 aliphatic carbocycles. The average Bonchev–Trinajstić information content (AvgIpc) is 2.39. The van der Waals surface area contributed by atoms with Gasteiger partial charge in [0, 0.05) is 6.54 Å². The highest BCUT2D eigenvalue weighted by Crippen LogP contribution is 2.32. The summed E-state index contributed by atoms with van der Waals surface area (Å²) in [6.07, 6.45) is -3.13. The largest absolute Gasteiger partial charge is 0.416 e. The minimum absolute atomic E-state index is 0.0130. The molecule has 0 fully saturated rings. The van der Waals surface area contributed by atoms with Crippen LogP contribution in [0, 0.1) is 0 Å². The van der Waals surface area contributed by atoms with E-state index in [1.807, 2.05) is 0 Å². The zero-order chi connectivity index (χ0) is 14.8. The van der Waals surface area contributed by atoms with Gasteiger partial charge in [0.1, 0.15) is 5.02 Å². The molecule has 3 N–H and O–H groups in total. The summed E-state index contributed by atoms with van der Waals surface area (Å²) in [5, 5.41) is 2.90. The number of nitrogens with zero attached hydrogens (tertiary/aromatic N) is 2. The van der Waals surface area contributed by atoms with Crippen LogP contribution in [0.5, 0.6) is 0 Å². The molecule has 1 aromatic heterocycles. The van der Waals surface area contributed by atoms with Gasteiger partial charge in [-0.15, -0.1) is 0 Å². The molecule has 0 bridgehead atoms. The van der Waals surface area contributed by atoms with Crippen molar-refractivity contribution in [3.8, 4) is 0 Å². The number of nitrogen functional groups attached to an aromatic ring is 1. The molecule has 106 valence electrons. The lowest BCUT2D eigenvalue weighted by Crippen LogP contribution is -2.12. The molecule has 20 heavy (non-hydrogen) atoms. The van der Waals surface area contributed by atoms with E-state index in [-0.39, 0.29) is 28.9 Å². The summed E-state index contributed by atoms with van der Waals surface area (Å²) < 4.78 is 38.5. The van der Waals surface area contributed by atoms with Crippen LogP contribution in [0.2, 0.25) is 5.02 Å². The summed E-state index contributed by atoms with van der Waals surface area (Å²) in [7, 11) is 0. The molecular formula is C12H10ClF3N4. The Morgan fingerprint density at radius 3 is 2.65 bits per heavy atom. The summed E-state index contributed by atoms with van der Waals surface area (Å²) >= 11 is 5.83. The summed E-state index contributed by atoms with van der Waals surface area (Å²) in [5.41, 5.74) is 4.78. The van der Waals surface area contributed by atoms with Crippen LogP contribution >= 0.6 is 11.6 Å². The van der Waals surface area contributed by atoms with Gasteiger partial charge >= 0.3 is 6.18 Å². The van der Waals surface area contributed by atoms with Gasteiger partial charge in [-0.3, -0.25) is 0 Å². The molecule has 0 aliphatic heterocycles. The SMILES string of the molecule is Nc1ncc(Cl)c(NCc2ccccc2C(F)(F)F)n1. The Morgan fingerprint density at radius 2 is 1.95 bits per heavy atom. The van der Waals surface area contributed by atoms with Gasteiger partial charge in [0.25, 0.3) is 0 Å². The van der Waals surface area contributed by atoms with Crippen molar-refractivity contribution in [3.05, 3.63) is 46.6 Å². The zero-order valence-electron chi connectivity index (χ0n) is 10.1. The molecule has 0 amide bonds. The maximum absolute atomic E-state index is 12.8. The number of aromatic nitrogens is 2. The van der Waals surface area contributed by atoms with Crippen LogP contribution in [0.4, 0.5) is 24.9 Å². The Labute approximate surface area is 117 Å². The van der Waals surface area contributed by atoms with Crippen molar-refractivity contribution in [3.63, 3.8) is 0 Å². The average molecular weight is 303 g/mol. The van der Waals surface area contributed by atoms with E-state index in [0.717, 1.165) is 6.07 Å². The van der Waals surface area contributed by atoms with E-state index < -0.39 is 11.7 Å². The van der Waals surface area contributed by atoms with Gasteiger partial charge in [-0.05, 0) is 11.6 Å². The number of nitrogens with one attached hydrogen (secondary N) is 1. The smallest absolute Gasteiger partial charge is 0.368 e. The second kappa shape index (κ2) is 5.54. The number of halogens is 4. The predicted octanol–water partition coefficient (Wildman–Crippen LogP) is 3.34. The lowest BCUT2D eigenvalue weighted by atomic mass is 10.1. The van der Waals surface area contributed by atoms with Gasteiger partial charge in [-0.2, -0.15) is 18.2 Å². The van der Waals surface area contributed by atoms with Crippen molar-refractivity contribution in [2.75, 3.05) is 11.1 Å². The fraction of sp³-hybridized carbons (Fsp3) is 0.167. The molecule has 2 rings (SSSR count). The van der Waals surface area contributed by atoms with Gasteiger partial charge in [-0.25, -0.2) is 4.98 Å². The molecule has 0 saturated carbocycles. The first-order chi connectivity index (χ1) is 9.38. The normalized spacial score (nSPS) is 11.4. The molecule has 2 aromatic rings. The Bertz CT molecular complexity index is 616. The molecule has 0 spiro atoms. The Morgan fingerprint density at radius 1 is 1.25 bits per heavy atom. The maximum atomic E-state index is 12.8. The predicted molar refractivity (Wildman–Crippen MR) is 70.2 cm³/mol. The molecule has 4 nitrogen and oxygen atoms in total. The van der Waals surface area contributed by atoms with Gasteiger partial charge in [0.15, 0.2) is 5.82 Å². The standard InChI is InChI=1S/C12H10ClF3N4/c13-9-6-19-11(17)20-10(9)18-5-7-3-1-2-4-8(7)12(14,15)16/h1-4,6H,5H2,(H3,17,18,19,20). The van der Waals surface area contributed by atoms with Gasteiger partial charge in [0.2, 0.25) is 5.95 Å². The minimum Gasteiger partial charge on any atom is -0.368 e. The lowest BCUT2D eigenvalue weighted by Gasteiger charge is -2.14. The van der Waals surface area contributed by atoms with Crippen molar-refractivity contribution in [2.24, 2.45) is 0 Å². The van der Waals surface area contributed by atoms with E-state index in [1.54, 1.807) is 0 Å². The summed E-state index contributed by atoms with van der Waals surface area (Å²) in [6.45, 7) is -0.0775. The number of nitrogens with two attached hydrogens (primary N) is 1. The molecule has 8 heteroatoms. The molecule has 0 aliphatic rings. The molecule has 0 unspecified atom stereocenters. The van der Waals surface area contributed by atoms with E-state index in [2.05, 4.69) is 15.3 Å². The lowest BCUT2D eigenvalue weighted by molar-refractivity contribution is -0.138. The third kappa shape index (κ3) is 3.30. The number of rotatable bonds is 3. The highest BCUT2D eigenvalue weighted by atomic mass is 35.5. The highest BCUT2D eigenvalue weighted by Gasteiger charge is 2.32. The number of alkyl halides is 3. The third-order valence-electron chi connectivity index (χ3n) is 2.53. The number of hydrogen-bond acceptors (Lipinski definition) is 4. The number of hydrogen-bond donors (Lipinski definition) is 2.